The standard InChI is InChI=1S/C18H22O3/c19-16(15-4-2-1-3-5-15)17(20)21-18-9-12-6-13(10-18)8-14(7-12)11-18/h1-5,12-14,16,19H,6-11H2/t12?,13?,14?,16-,18?/m1/s1. The molecule has 1 aromatic carbocycles. The molecule has 5 rings (SSSR count). The van der Waals surface area contributed by atoms with Crippen LogP contribution in [0.2, 0.25) is 0 Å². The molecule has 0 spiro atoms. The van der Waals surface area contributed by atoms with Crippen LogP contribution in [0.4, 0.5) is 0 Å². The SMILES string of the molecule is O=C(OC12CC3CC(CC(C3)C1)C2)[C@H](O)c1ccccc1. The van der Waals surface area contributed by atoms with Crippen molar-refractivity contribution in [1.29, 1.82) is 0 Å². The Morgan fingerprint density at radius 2 is 1.57 bits per heavy atom. The van der Waals surface area contributed by atoms with Gasteiger partial charge in [0.1, 0.15) is 5.60 Å². The van der Waals surface area contributed by atoms with Crippen molar-refractivity contribution in [3.8, 4) is 0 Å². The smallest absolute Gasteiger partial charge is 0.340 e. The number of benzene rings is 1. The molecule has 0 heterocycles. The van der Waals surface area contributed by atoms with Crippen LogP contribution in [0.15, 0.2) is 30.3 Å². The average molecular weight is 286 g/mol. The molecule has 4 saturated carbocycles. The molecule has 4 bridgehead atoms. The van der Waals surface area contributed by atoms with E-state index >= 15 is 0 Å². The van der Waals surface area contributed by atoms with Crippen molar-refractivity contribution in [2.24, 2.45) is 17.8 Å². The molecule has 1 atom stereocenters. The number of aliphatic hydroxyl groups excluding tert-OH is 1. The second-order valence-corrected chi connectivity index (χ2v) is 7.33. The summed E-state index contributed by atoms with van der Waals surface area (Å²) in [7, 11) is 0. The Morgan fingerprint density at radius 1 is 1.05 bits per heavy atom. The number of ether oxygens (including phenoxy) is 1. The van der Waals surface area contributed by atoms with Crippen molar-refractivity contribution in [3.05, 3.63) is 35.9 Å². The molecule has 0 amide bonds. The third kappa shape index (κ3) is 2.38. The van der Waals surface area contributed by atoms with Gasteiger partial charge in [-0.3, -0.25) is 0 Å². The number of hydrogen-bond donors (Lipinski definition) is 1. The van der Waals surface area contributed by atoms with Gasteiger partial charge in [-0.2, -0.15) is 0 Å². The molecule has 4 aliphatic carbocycles. The van der Waals surface area contributed by atoms with E-state index in [9.17, 15) is 9.90 Å². The molecule has 4 fully saturated rings. The Bertz CT molecular complexity index is 501. The monoisotopic (exact) mass is 286 g/mol. The van der Waals surface area contributed by atoms with Crippen LogP contribution in [0.25, 0.3) is 0 Å². The Balaban J connectivity index is 1.49. The second-order valence-electron chi connectivity index (χ2n) is 7.33. The Kier molecular flexibility index (Phi) is 3.07. The first-order chi connectivity index (χ1) is 10.1. The van der Waals surface area contributed by atoms with Crippen molar-refractivity contribution in [2.45, 2.75) is 50.2 Å². The first-order valence-corrected chi connectivity index (χ1v) is 8.09. The van der Waals surface area contributed by atoms with Gasteiger partial charge < -0.3 is 9.84 Å². The van der Waals surface area contributed by atoms with Crippen molar-refractivity contribution in [2.75, 3.05) is 0 Å². The Morgan fingerprint density at radius 3 is 2.10 bits per heavy atom. The second kappa shape index (κ2) is 4.84. The maximum absolute atomic E-state index is 12.4. The van der Waals surface area contributed by atoms with Crippen LogP contribution < -0.4 is 0 Å². The molecule has 4 aliphatic rings. The van der Waals surface area contributed by atoms with Crippen LogP contribution in [0.5, 0.6) is 0 Å². The number of carbonyl (C=O) groups is 1. The molecule has 0 radical (unpaired) electrons. The van der Waals surface area contributed by atoms with Gasteiger partial charge in [0, 0.05) is 0 Å². The van der Waals surface area contributed by atoms with E-state index in [1.54, 1.807) is 12.1 Å². The highest BCUT2D eigenvalue weighted by Crippen LogP contribution is 2.57. The molecule has 112 valence electrons. The fraction of sp³-hybridized carbons (Fsp3) is 0.611. The van der Waals surface area contributed by atoms with Gasteiger partial charge in [-0.05, 0) is 61.8 Å². The first kappa shape index (κ1) is 13.3. The lowest BCUT2D eigenvalue weighted by Crippen LogP contribution is -2.53. The van der Waals surface area contributed by atoms with Crippen LogP contribution in [0.1, 0.15) is 50.2 Å². The Hall–Kier alpha value is -1.35. The van der Waals surface area contributed by atoms with Gasteiger partial charge in [-0.15, -0.1) is 0 Å². The van der Waals surface area contributed by atoms with Crippen LogP contribution in [-0.2, 0) is 9.53 Å². The zero-order chi connectivity index (χ0) is 14.4. The van der Waals surface area contributed by atoms with Gasteiger partial charge in [0.15, 0.2) is 6.10 Å². The molecular weight excluding hydrogens is 264 g/mol. The fourth-order valence-electron chi connectivity index (χ4n) is 5.20. The summed E-state index contributed by atoms with van der Waals surface area (Å²) in [5.74, 6) is 1.73. The van der Waals surface area contributed by atoms with Crippen LogP contribution in [0, 0.1) is 17.8 Å². The number of esters is 1. The van der Waals surface area contributed by atoms with Crippen molar-refractivity contribution >= 4 is 5.97 Å². The van der Waals surface area contributed by atoms with Gasteiger partial charge in [-0.1, -0.05) is 30.3 Å². The zero-order valence-electron chi connectivity index (χ0n) is 12.2. The zero-order valence-corrected chi connectivity index (χ0v) is 12.2. The highest BCUT2D eigenvalue weighted by Gasteiger charge is 2.53. The van der Waals surface area contributed by atoms with Crippen LogP contribution in [0.3, 0.4) is 0 Å². The summed E-state index contributed by atoms with van der Waals surface area (Å²) in [4.78, 5) is 12.4. The van der Waals surface area contributed by atoms with Crippen molar-refractivity contribution in [3.63, 3.8) is 0 Å². The molecule has 0 aromatic heterocycles. The van der Waals surface area contributed by atoms with E-state index in [1.807, 2.05) is 18.2 Å². The maximum atomic E-state index is 12.4. The van der Waals surface area contributed by atoms with Crippen molar-refractivity contribution in [1.82, 2.24) is 0 Å². The quantitative estimate of drug-likeness (QED) is 0.868. The molecule has 1 N–H and O–H groups in total. The maximum Gasteiger partial charge on any atom is 0.340 e. The van der Waals surface area contributed by atoms with Gasteiger partial charge in [0.2, 0.25) is 0 Å². The summed E-state index contributed by atoms with van der Waals surface area (Å²) in [6, 6.07) is 9.07. The summed E-state index contributed by atoms with van der Waals surface area (Å²) >= 11 is 0. The number of carbonyl (C=O) groups excluding carboxylic acids is 1. The highest BCUT2D eigenvalue weighted by atomic mass is 16.6. The largest absolute Gasteiger partial charge is 0.457 e. The summed E-state index contributed by atoms with van der Waals surface area (Å²) in [5.41, 5.74) is 0.342. The third-order valence-corrected chi connectivity index (χ3v) is 5.64. The average Bonchev–Trinajstić information content (AvgIpc) is 2.45. The van der Waals surface area contributed by atoms with Crippen LogP contribution >= 0.6 is 0 Å². The lowest BCUT2D eigenvalue weighted by molar-refractivity contribution is -0.195. The Labute approximate surface area is 125 Å². The minimum absolute atomic E-state index is 0.276. The molecule has 0 aliphatic heterocycles. The lowest BCUT2D eigenvalue weighted by atomic mass is 9.54. The minimum atomic E-state index is -1.15. The van der Waals surface area contributed by atoms with E-state index in [1.165, 1.54) is 19.3 Å². The molecule has 3 nitrogen and oxygen atoms in total. The van der Waals surface area contributed by atoms with Crippen LogP contribution in [-0.4, -0.2) is 16.7 Å². The predicted molar refractivity (Wildman–Crippen MR) is 78.4 cm³/mol. The highest BCUT2D eigenvalue weighted by molar-refractivity contribution is 5.76. The summed E-state index contributed by atoms with van der Waals surface area (Å²) in [6.45, 7) is 0. The number of hydrogen-bond acceptors (Lipinski definition) is 3. The first-order valence-electron chi connectivity index (χ1n) is 8.09. The van der Waals surface area contributed by atoms with E-state index < -0.39 is 12.1 Å². The number of aliphatic hydroxyl groups is 1. The molecule has 0 saturated heterocycles. The minimum Gasteiger partial charge on any atom is -0.457 e. The lowest BCUT2D eigenvalue weighted by Gasteiger charge is -2.55. The fourth-order valence-corrected chi connectivity index (χ4v) is 5.20. The molecule has 0 unspecified atom stereocenters. The summed E-state index contributed by atoms with van der Waals surface area (Å²) < 4.78 is 5.88. The predicted octanol–water partition coefficient (Wildman–Crippen LogP) is 3.23. The van der Waals surface area contributed by atoms with Gasteiger partial charge in [0.05, 0.1) is 0 Å². The van der Waals surface area contributed by atoms with E-state index in [0.29, 0.717) is 5.56 Å². The van der Waals surface area contributed by atoms with Crippen molar-refractivity contribution < 1.29 is 14.6 Å². The van der Waals surface area contributed by atoms with E-state index in [-0.39, 0.29) is 5.60 Å². The van der Waals surface area contributed by atoms with Gasteiger partial charge in [-0.25, -0.2) is 4.79 Å². The molecular formula is C18H22O3. The topological polar surface area (TPSA) is 46.5 Å². The van der Waals surface area contributed by atoms with E-state index in [4.69, 9.17) is 4.74 Å². The normalized spacial score (nSPS) is 38.2. The van der Waals surface area contributed by atoms with Gasteiger partial charge in [0.25, 0.3) is 0 Å². The molecule has 21 heavy (non-hydrogen) atoms. The van der Waals surface area contributed by atoms with E-state index in [2.05, 4.69) is 0 Å². The molecule has 3 heteroatoms. The number of rotatable bonds is 3. The third-order valence-electron chi connectivity index (χ3n) is 5.64. The van der Waals surface area contributed by atoms with Gasteiger partial charge >= 0.3 is 5.97 Å². The summed E-state index contributed by atoms with van der Waals surface area (Å²) in [5, 5.41) is 10.2. The van der Waals surface area contributed by atoms with E-state index in [0.717, 1.165) is 37.0 Å². The summed E-state index contributed by atoms with van der Waals surface area (Å²) in [6.07, 6.45) is 5.82. The molecule has 1 aromatic rings.